The van der Waals surface area contributed by atoms with Crippen LogP contribution in [0.5, 0.6) is 0 Å². The Hall–Kier alpha value is -2.31. The summed E-state index contributed by atoms with van der Waals surface area (Å²) in [7, 11) is 0. The number of carbonyl (C=O) groups excluding carboxylic acids is 1. The van der Waals surface area contributed by atoms with E-state index in [0.717, 1.165) is 6.07 Å². The number of hydrogen-bond acceptors (Lipinski definition) is 4. The number of hydrogen-bond donors (Lipinski definition) is 4. The van der Waals surface area contributed by atoms with Crippen LogP contribution in [-0.4, -0.2) is 29.6 Å². The first-order chi connectivity index (χ1) is 9.32. The van der Waals surface area contributed by atoms with Crippen molar-refractivity contribution in [3.63, 3.8) is 0 Å². The van der Waals surface area contributed by atoms with Gasteiger partial charge in [0.2, 0.25) is 5.91 Å². The predicted octanol–water partition coefficient (Wildman–Crippen LogP) is 1.43. The van der Waals surface area contributed by atoms with E-state index in [4.69, 9.17) is 10.8 Å². The van der Waals surface area contributed by atoms with Crippen molar-refractivity contribution in [2.24, 2.45) is 0 Å². The fourth-order valence-corrected chi connectivity index (χ4v) is 1.68. The number of carboxylic acids is 1. The quantitative estimate of drug-likeness (QED) is 0.591. The van der Waals surface area contributed by atoms with Crippen LogP contribution in [0, 0.1) is 5.82 Å². The van der Waals surface area contributed by atoms with Crippen LogP contribution in [0.15, 0.2) is 12.1 Å². The maximum absolute atomic E-state index is 13.2. The summed E-state index contributed by atoms with van der Waals surface area (Å²) in [6, 6.07) is 2.41. The molecule has 20 heavy (non-hydrogen) atoms. The van der Waals surface area contributed by atoms with E-state index in [9.17, 15) is 14.0 Å². The van der Waals surface area contributed by atoms with Crippen LogP contribution in [0.2, 0.25) is 0 Å². The molecule has 0 aliphatic heterocycles. The normalized spacial score (nSPS) is 10.4. The van der Waals surface area contributed by atoms with Crippen LogP contribution < -0.4 is 16.4 Å². The minimum atomic E-state index is -1.32. The van der Waals surface area contributed by atoms with Gasteiger partial charge in [-0.3, -0.25) is 4.79 Å². The van der Waals surface area contributed by atoms with Crippen LogP contribution in [-0.2, 0) is 4.79 Å². The molecule has 0 fully saturated rings. The van der Waals surface area contributed by atoms with E-state index in [1.165, 1.54) is 6.07 Å². The summed E-state index contributed by atoms with van der Waals surface area (Å²) >= 11 is 0. The van der Waals surface area contributed by atoms with Crippen LogP contribution in [0.1, 0.15) is 30.6 Å². The number of halogens is 1. The number of carboxylic acid groups (broad SMARTS) is 1. The Morgan fingerprint density at radius 1 is 1.40 bits per heavy atom. The molecule has 6 nitrogen and oxygen atoms in total. The number of anilines is 2. The Morgan fingerprint density at radius 3 is 2.60 bits per heavy atom. The molecule has 0 atom stereocenters. The maximum Gasteiger partial charge on any atom is 0.340 e. The van der Waals surface area contributed by atoms with E-state index in [-0.39, 0.29) is 36.2 Å². The van der Waals surface area contributed by atoms with Crippen LogP contribution >= 0.6 is 0 Å². The average Bonchev–Trinajstić information content (AvgIpc) is 2.32. The van der Waals surface area contributed by atoms with Gasteiger partial charge < -0.3 is 21.5 Å². The van der Waals surface area contributed by atoms with E-state index < -0.39 is 17.5 Å². The largest absolute Gasteiger partial charge is 0.478 e. The molecule has 0 aliphatic rings. The number of nitrogens with one attached hydrogen (secondary N) is 2. The summed E-state index contributed by atoms with van der Waals surface area (Å²) in [4.78, 5) is 22.5. The number of benzene rings is 1. The lowest BCUT2D eigenvalue weighted by Crippen LogP contribution is -2.31. The van der Waals surface area contributed by atoms with Gasteiger partial charge in [0.1, 0.15) is 11.4 Å². The topological polar surface area (TPSA) is 104 Å². The molecule has 0 unspecified atom stereocenters. The second-order valence-corrected chi connectivity index (χ2v) is 4.59. The predicted molar refractivity (Wildman–Crippen MR) is 74.2 cm³/mol. The van der Waals surface area contributed by atoms with Crippen molar-refractivity contribution < 1.29 is 19.1 Å². The van der Waals surface area contributed by atoms with E-state index in [0.29, 0.717) is 0 Å². The van der Waals surface area contributed by atoms with Crippen molar-refractivity contribution >= 4 is 23.3 Å². The van der Waals surface area contributed by atoms with E-state index in [1.807, 2.05) is 13.8 Å². The summed E-state index contributed by atoms with van der Waals surface area (Å²) in [5, 5.41) is 14.5. The van der Waals surface area contributed by atoms with Gasteiger partial charge in [-0.2, -0.15) is 0 Å². The first-order valence-corrected chi connectivity index (χ1v) is 6.17. The zero-order chi connectivity index (χ0) is 15.3. The molecular formula is C13H18FN3O3. The van der Waals surface area contributed by atoms with Crippen molar-refractivity contribution in [1.82, 2.24) is 5.32 Å². The molecule has 0 saturated heterocycles. The van der Waals surface area contributed by atoms with Crippen LogP contribution in [0.3, 0.4) is 0 Å². The van der Waals surface area contributed by atoms with Crippen molar-refractivity contribution in [1.29, 1.82) is 0 Å². The van der Waals surface area contributed by atoms with E-state index >= 15 is 0 Å². The molecule has 0 bridgehead atoms. The van der Waals surface area contributed by atoms with Gasteiger partial charge in [0.05, 0.1) is 11.4 Å². The second kappa shape index (κ2) is 6.74. The molecule has 1 amide bonds. The fraction of sp³-hybridized carbons (Fsp3) is 0.385. The lowest BCUT2D eigenvalue weighted by molar-refractivity contribution is -0.121. The van der Waals surface area contributed by atoms with E-state index in [2.05, 4.69) is 10.6 Å². The van der Waals surface area contributed by atoms with E-state index in [1.54, 1.807) is 0 Å². The molecule has 0 aliphatic carbocycles. The van der Waals surface area contributed by atoms with Gasteiger partial charge in [-0.15, -0.1) is 0 Å². The molecular weight excluding hydrogens is 265 g/mol. The monoisotopic (exact) mass is 283 g/mol. The lowest BCUT2D eigenvalue weighted by Gasteiger charge is -2.12. The fourth-order valence-electron chi connectivity index (χ4n) is 1.68. The third-order valence-corrected chi connectivity index (χ3v) is 2.52. The number of rotatable bonds is 6. The smallest absolute Gasteiger partial charge is 0.340 e. The Labute approximate surface area is 116 Å². The average molecular weight is 283 g/mol. The molecule has 0 spiro atoms. The highest BCUT2D eigenvalue weighted by Gasteiger charge is 2.17. The minimum Gasteiger partial charge on any atom is -0.478 e. The van der Waals surface area contributed by atoms with Crippen molar-refractivity contribution in [2.75, 3.05) is 17.6 Å². The Morgan fingerprint density at radius 2 is 2.05 bits per heavy atom. The van der Waals surface area contributed by atoms with Gasteiger partial charge in [0.25, 0.3) is 0 Å². The van der Waals surface area contributed by atoms with Gasteiger partial charge in [-0.1, -0.05) is 0 Å². The Kier molecular flexibility index (Phi) is 5.31. The maximum atomic E-state index is 13.2. The molecule has 1 aromatic carbocycles. The van der Waals surface area contributed by atoms with Gasteiger partial charge in [-0.25, -0.2) is 9.18 Å². The van der Waals surface area contributed by atoms with Crippen LogP contribution in [0.25, 0.3) is 0 Å². The molecule has 1 aromatic rings. The Bertz CT molecular complexity index is 518. The Balaban J connectivity index is 2.72. The molecule has 5 N–H and O–H groups in total. The number of amides is 1. The molecule has 7 heteroatoms. The second-order valence-electron chi connectivity index (χ2n) is 4.59. The summed E-state index contributed by atoms with van der Waals surface area (Å²) in [5.41, 5.74) is 4.85. The summed E-state index contributed by atoms with van der Waals surface area (Å²) in [6.45, 7) is 3.91. The van der Waals surface area contributed by atoms with Crippen molar-refractivity contribution in [2.45, 2.75) is 26.3 Å². The minimum absolute atomic E-state index is 0.0403. The number of nitrogens with two attached hydrogens (primary N) is 1. The molecule has 110 valence electrons. The van der Waals surface area contributed by atoms with Gasteiger partial charge >= 0.3 is 5.97 Å². The zero-order valence-electron chi connectivity index (χ0n) is 11.4. The first kappa shape index (κ1) is 15.7. The standard InChI is InChI=1S/C13H18FN3O3/c1-7(2)17-10(18)5-6-16-9-4-3-8(14)12(15)11(9)13(19)20/h3-4,7,16H,5-6,15H2,1-2H3,(H,17,18)(H,19,20). The summed E-state index contributed by atoms with van der Waals surface area (Å²) in [6.07, 6.45) is 0.175. The summed E-state index contributed by atoms with van der Waals surface area (Å²) < 4.78 is 13.2. The summed E-state index contributed by atoms with van der Waals surface area (Å²) in [5.74, 6) is -2.26. The van der Waals surface area contributed by atoms with Gasteiger partial charge in [-0.05, 0) is 26.0 Å². The molecule has 0 aromatic heterocycles. The van der Waals surface area contributed by atoms with Gasteiger partial charge in [0.15, 0.2) is 0 Å². The molecule has 0 radical (unpaired) electrons. The highest BCUT2D eigenvalue weighted by Crippen LogP contribution is 2.25. The highest BCUT2D eigenvalue weighted by atomic mass is 19.1. The molecule has 0 heterocycles. The van der Waals surface area contributed by atoms with Gasteiger partial charge in [0, 0.05) is 19.0 Å². The zero-order valence-corrected chi connectivity index (χ0v) is 11.4. The third kappa shape index (κ3) is 4.11. The lowest BCUT2D eigenvalue weighted by atomic mass is 10.1. The SMILES string of the molecule is CC(C)NC(=O)CCNc1ccc(F)c(N)c1C(=O)O. The number of nitrogen functional groups attached to an aromatic ring is 1. The number of carbonyl (C=O) groups is 2. The molecule has 1 rings (SSSR count). The first-order valence-electron chi connectivity index (χ1n) is 6.17. The molecule has 0 saturated carbocycles. The number of aromatic carboxylic acids is 1. The van der Waals surface area contributed by atoms with Crippen molar-refractivity contribution in [3.05, 3.63) is 23.5 Å². The highest BCUT2D eigenvalue weighted by molar-refractivity contribution is 6.00. The third-order valence-electron chi connectivity index (χ3n) is 2.52. The van der Waals surface area contributed by atoms with Crippen molar-refractivity contribution in [3.8, 4) is 0 Å². The van der Waals surface area contributed by atoms with Crippen LogP contribution in [0.4, 0.5) is 15.8 Å².